The largest absolute Gasteiger partial charge is 0.468 e. The lowest BCUT2D eigenvalue weighted by atomic mass is 10.0. The van der Waals surface area contributed by atoms with Gasteiger partial charge in [0.25, 0.3) is 5.17 Å². The topological polar surface area (TPSA) is 35.2 Å². The Morgan fingerprint density at radius 3 is 2.45 bits per heavy atom. The highest BCUT2D eigenvalue weighted by Gasteiger charge is 2.12. The number of nitrogens with two attached hydrogens (primary N) is 1. The second kappa shape index (κ2) is 5.35. The van der Waals surface area contributed by atoms with E-state index in [2.05, 4.69) is 26.1 Å². The lowest BCUT2D eigenvalue weighted by Crippen LogP contribution is -2.25. The summed E-state index contributed by atoms with van der Waals surface area (Å²) >= 11 is 4.63. The maximum atomic E-state index is 5.24. The molecule has 0 amide bonds. The van der Waals surface area contributed by atoms with Crippen LogP contribution in [0, 0.1) is 5.92 Å². The van der Waals surface area contributed by atoms with Gasteiger partial charge in [0.1, 0.15) is 6.10 Å². The van der Waals surface area contributed by atoms with Crippen LogP contribution in [0.5, 0.6) is 0 Å². The second-order valence-electron chi connectivity index (χ2n) is 2.91. The molecule has 2 N–H and O–H groups in total. The first-order valence-electron chi connectivity index (χ1n) is 4.04. The molecule has 2 atom stereocenters. The molecule has 0 aliphatic carbocycles. The first kappa shape index (κ1) is 10.7. The predicted molar refractivity (Wildman–Crippen MR) is 51.4 cm³/mol. The average Bonchev–Trinajstić information content (AvgIpc) is 1.86. The molecule has 0 aromatic heterocycles. The van der Waals surface area contributed by atoms with Crippen LogP contribution in [0.4, 0.5) is 0 Å². The molecule has 0 bridgehead atoms. The Labute approximate surface area is 74.1 Å². The van der Waals surface area contributed by atoms with Gasteiger partial charge in [0, 0.05) is 0 Å². The maximum Gasteiger partial charge on any atom is 0.254 e. The van der Waals surface area contributed by atoms with E-state index in [0.717, 1.165) is 6.42 Å². The van der Waals surface area contributed by atoms with E-state index in [1.807, 2.05) is 6.92 Å². The van der Waals surface area contributed by atoms with Crippen LogP contribution in [0.15, 0.2) is 0 Å². The van der Waals surface area contributed by atoms with Crippen molar-refractivity contribution in [3.8, 4) is 0 Å². The van der Waals surface area contributed by atoms with Gasteiger partial charge in [-0.25, -0.2) is 0 Å². The van der Waals surface area contributed by atoms with Crippen molar-refractivity contribution >= 4 is 17.4 Å². The zero-order chi connectivity index (χ0) is 8.85. The Morgan fingerprint density at radius 2 is 2.09 bits per heavy atom. The van der Waals surface area contributed by atoms with E-state index in [1.54, 1.807) is 0 Å². The molecule has 0 aromatic rings. The van der Waals surface area contributed by atoms with Gasteiger partial charge in [-0.15, -0.1) is 0 Å². The smallest absolute Gasteiger partial charge is 0.254 e. The number of rotatable bonds is 4. The van der Waals surface area contributed by atoms with Crippen LogP contribution in [0.3, 0.4) is 0 Å². The van der Waals surface area contributed by atoms with Crippen molar-refractivity contribution < 1.29 is 4.74 Å². The molecule has 0 spiro atoms. The quantitative estimate of drug-likeness (QED) is 0.664. The molecular weight excluding hydrogens is 158 g/mol. The van der Waals surface area contributed by atoms with Gasteiger partial charge in [0.2, 0.25) is 0 Å². The molecule has 0 rings (SSSR count). The van der Waals surface area contributed by atoms with Crippen molar-refractivity contribution in [2.75, 3.05) is 0 Å². The van der Waals surface area contributed by atoms with Crippen LogP contribution in [0.2, 0.25) is 0 Å². The zero-order valence-electron chi connectivity index (χ0n) is 7.46. The lowest BCUT2D eigenvalue weighted by molar-refractivity contribution is 0.144. The number of ether oxygens (including phenoxy) is 1. The van der Waals surface area contributed by atoms with E-state index in [1.165, 1.54) is 6.42 Å². The third-order valence-electron chi connectivity index (χ3n) is 1.85. The highest BCUT2D eigenvalue weighted by molar-refractivity contribution is 7.80. The number of hydrogen-bond acceptors (Lipinski definition) is 2. The minimum atomic E-state index is 0.146. The van der Waals surface area contributed by atoms with Crippen molar-refractivity contribution in [1.82, 2.24) is 0 Å². The summed E-state index contributed by atoms with van der Waals surface area (Å²) in [6, 6.07) is 0. The minimum absolute atomic E-state index is 0.146. The normalized spacial score (nSPS) is 15.5. The molecule has 0 fully saturated rings. The monoisotopic (exact) mass is 175 g/mol. The van der Waals surface area contributed by atoms with Gasteiger partial charge in [-0.1, -0.05) is 20.3 Å². The van der Waals surface area contributed by atoms with Crippen LogP contribution < -0.4 is 5.73 Å². The fourth-order valence-electron chi connectivity index (χ4n) is 0.989. The molecule has 0 aliphatic heterocycles. The highest BCUT2D eigenvalue weighted by Crippen LogP contribution is 2.12. The second-order valence-corrected chi connectivity index (χ2v) is 3.31. The highest BCUT2D eigenvalue weighted by atomic mass is 32.1. The predicted octanol–water partition coefficient (Wildman–Crippen LogP) is 2.07. The maximum absolute atomic E-state index is 5.24. The summed E-state index contributed by atoms with van der Waals surface area (Å²) < 4.78 is 5.17. The Morgan fingerprint density at radius 1 is 1.55 bits per heavy atom. The van der Waals surface area contributed by atoms with Crippen LogP contribution in [-0.4, -0.2) is 11.3 Å². The Hall–Kier alpha value is -0.310. The van der Waals surface area contributed by atoms with Crippen molar-refractivity contribution in [3.05, 3.63) is 0 Å². The number of thiocarbonyl (C=S) groups is 1. The van der Waals surface area contributed by atoms with Gasteiger partial charge in [0.05, 0.1) is 0 Å². The molecule has 2 unspecified atom stereocenters. The molecule has 0 radical (unpaired) electrons. The van der Waals surface area contributed by atoms with Gasteiger partial charge in [-0.05, 0) is 31.5 Å². The van der Waals surface area contributed by atoms with Crippen LogP contribution in [0.25, 0.3) is 0 Å². The minimum Gasteiger partial charge on any atom is -0.468 e. The molecular formula is C8H17NOS. The van der Waals surface area contributed by atoms with Gasteiger partial charge in [-0.3, -0.25) is 0 Å². The van der Waals surface area contributed by atoms with E-state index in [9.17, 15) is 0 Å². The zero-order valence-corrected chi connectivity index (χ0v) is 8.28. The molecule has 66 valence electrons. The molecule has 0 aromatic carbocycles. The standard InChI is InChI=1S/C8H17NOS/c1-4-5-6(2)7(3)10-8(9)11/h6-7H,4-5H2,1-3H3,(H2,9,11). The van der Waals surface area contributed by atoms with E-state index in [0.29, 0.717) is 5.92 Å². The van der Waals surface area contributed by atoms with E-state index in [4.69, 9.17) is 10.5 Å². The lowest BCUT2D eigenvalue weighted by Gasteiger charge is -2.19. The van der Waals surface area contributed by atoms with Crippen LogP contribution in [0.1, 0.15) is 33.6 Å². The van der Waals surface area contributed by atoms with Gasteiger partial charge in [0.15, 0.2) is 0 Å². The van der Waals surface area contributed by atoms with E-state index in [-0.39, 0.29) is 11.3 Å². The van der Waals surface area contributed by atoms with Crippen molar-refractivity contribution in [1.29, 1.82) is 0 Å². The summed E-state index contributed by atoms with van der Waals surface area (Å²) in [4.78, 5) is 0. The summed E-state index contributed by atoms with van der Waals surface area (Å²) in [5.74, 6) is 0.529. The third-order valence-corrected chi connectivity index (χ3v) is 1.94. The Bertz CT molecular complexity index is 127. The summed E-state index contributed by atoms with van der Waals surface area (Å²) in [6.07, 6.45) is 2.48. The summed E-state index contributed by atoms with van der Waals surface area (Å²) in [5.41, 5.74) is 5.24. The van der Waals surface area contributed by atoms with E-state index < -0.39 is 0 Å². The molecule has 0 saturated carbocycles. The third kappa shape index (κ3) is 5.01. The average molecular weight is 175 g/mol. The van der Waals surface area contributed by atoms with Crippen LogP contribution in [-0.2, 0) is 4.74 Å². The Kier molecular flexibility index (Phi) is 5.20. The molecule has 2 nitrogen and oxygen atoms in total. The van der Waals surface area contributed by atoms with Crippen molar-refractivity contribution in [2.45, 2.75) is 39.7 Å². The van der Waals surface area contributed by atoms with Crippen LogP contribution >= 0.6 is 12.2 Å². The van der Waals surface area contributed by atoms with Gasteiger partial charge < -0.3 is 10.5 Å². The van der Waals surface area contributed by atoms with Gasteiger partial charge in [-0.2, -0.15) is 0 Å². The summed E-state index contributed by atoms with van der Waals surface area (Å²) in [6.45, 7) is 6.30. The first-order valence-corrected chi connectivity index (χ1v) is 4.44. The SMILES string of the molecule is CCCC(C)C(C)OC(N)=S. The Balaban J connectivity index is 3.63. The fourth-order valence-corrected chi connectivity index (χ4v) is 1.14. The molecule has 3 heteroatoms. The molecule has 0 aliphatic rings. The van der Waals surface area contributed by atoms with Crippen molar-refractivity contribution in [3.63, 3.8) is 0 Å². The summed E-state index contributed by atoms with van der Waals surface area (Å²) in [7, 11) is 0. The summed E-state index contributed by atoms with van der Waals surface area (Å²) in [5, 5.41) is 0.153. The fraction of sp³-hybridized carbons (Fsp3) is 0.875. The van der Waals surface area contributed by atoms with Gasteiger partial charge >= 0.3 is 0 Å². The first-order chi connectivity index (χ1) is 5.07. The van der Waals surface area contributed by atoms with Crippen molar-refractivity contribution in [2.24, 2.45) is 11.7 Å². The molecule has 0 saturated heterocycles. The number of hydrogen-bond donors (Lipinski definition) is 1. The molecule has 11 heavy (non-hydrogen) atoms. The molecule has 0 heterocycles. The van der Waals surface area contributed by atoms with E-state index >= 15 is 0 Å².